The van der Waals surface area contributed by atoms with Gasteiger partial charge in [-0.2, -0.15) is 0 Å². The molecule has 186 valence electrons. The van der Waals surface area contributed by atoms with E-state index in [1.165, 1.54) is 18.4 Å². The van der Waals surface area contributed by atoms with Crippen LogP contribution in [0.3, 0.4) is 0 Å². The third-order valence-electron chi connectivity index (χ3n) is 6.17. The third-order valence-corrected chi connectivity index (χ3v) is 7.15. The molecule has 3 aromatic carbocycles. The van der Waals surface area contributed by atoms with Gasteiger partial charge in [-0.15, -0.1) is 0 Å². The van der Waals surface area contributed by atoms with E-state index in [1.54, 1.807) is 4.57 Å². The zero-order valence-corrected chi connectivity index (χ0v) is 21.4. The number of methoxy groups -OCH3 is 1. The van der Waals surface area contributed by atoms with Gasteiger partial charge in [-0.3, -0.25) is 9.36 Å². The summed E-state index contributed by atoms with van der Waals surface area (Å²) >= 11 is 1.31. The van der Waals surface area contributed by atoms with E-state index in [-0.39, 0.29) is 5.56 Å². The van der Waals surface area contributed by atoms with E-state index >= 15 is 0 Å². The lowest BCUT2D eigenvalue weighted by molar-refractivity contribution is -0.136. The van der Waals surface area contributed by atoms with Gasteiger partial charge in [0.05, 0.1) is 29.0 Å². The van der Waals surface area contributed by atoms with E-state index in [0.717, 1.165) is 16.7 Å². The standard InChI is InChI=1S/C30H26N2O4S/c1-3-24-26(29(34)35-2)27(22-14-8-5-9-15-22)32-28(33)25(37-30(32)31-24)18-21-13-10-16-23(17-21)36-19-20-11-6-4-7-12-20/h4-18,27H,3,19H2,1-2H3/b25-18+/t27-/m1/s1. The van der Waals surface area contributed by atoms with E-state index < -0.39 is 12.0 Å². The summed E-state index contributed by atoms with van der Waals surface area (Å²) in [6.45, 7) is 2.40. The lowest BCUT2D eigenvalue weighted by atomic mass is 9.95. The molecule has 0 saturated heterocycles. The van der Waals surface area contributed by atoms with E-state index in [9.17, 15) is 9.59 Å². The highest BCUT2D eigenvalue weighted by Crippen LogP contribution is 2.31. The minimum absolute atomic E-state index is 0.204. The Morgan fingerprint density at radius 2 is 1.76 bits per heavy atom. The van der Waals surface area contributed by atoms with Crippen LogP contribution in [0.1, 0.15) is 36.1 Å². The second kappa shape index (κ2) is 10.8. The normalized spacial score (nSPS) is 15.2. The molecule has 1 atom stereocenters. The molecule has 1 aliphatic heterocycles. The van der Waals surface area contributed by atoms with Crippen LogP contribution in [-0.2, 0) is 16.1 Å². The van der Waals surface area contributed by atoms with Crippen LogP contribution in [0.4, 0.5) is 0 Å². The molecule has 0 saturated carbocycles. The zero-order valence-electron chi connectivity index (χ0n) is 20.6. The number of esters is 1. The third kappa shape index (κ3) is 5.04. The van der Waals surface area contributed by atoms with Gasteiger partial charge in [0.25, 0.3) is 5.56 Å². The first-order valence-corrected chi connectivity index (χ1v) is 12.9. The Morgan fingerprint density at radius 3 is 2.46 bits per heavy atom. The summed E-state index contributed by atoms with van der Waals surface area (Å²) in [5.74, 6) is 0.237. The average Bonchev–Trinajstić information content (AvgIpc) is 3.25. The van der Waals surface area contributed by atoms with Crippen molar-refractivity contribution in [1.29, 1.82) is 0 Å². The molecule has 0 radical (unpaired) electrons. The topological polar surface area (TPSA) is 69.9 Å². The molecular formula is C30H26N2O4S. The fourth-order valence-electron chi connectivity index (χ4n) is 4.40. The Hall–Kier alpha value is -4.23. The average molecular weight is 511 g/mol. The molecule has 4 aromatic rings. The fraction of sp³-hybridized carbons (Fsp3) is 0.167. The van der Waals surface area contributed by atoms with E-state index in [0.29, 0.717) is 39.4 Å². The summed E-state index contributed by atoms with van der Waals surface area (Å²) in [7, 11) is 1.35. The smallest absolute Gasteiger partial charge is 0.338 e. The summed E-state index contributed by atoms with van der Waals surface area (Å²) in [5, 5.41) is 0. The number of thiazole rings is 1. The van der Waals surface area contributed by atoms with Crippen molar-refractivity contribution in [1.82, 2.24) is 4.57 Å². The monoisotopic (exact) mass is 510 g/mol. The maximum absolute atomic E-state index is 13.7. The van der Waals surface area contributed by atoms with Crippen molar-refractivity contribution in [2.24, 2.45) is 4.99 Å². The van der Waals surface area contributed by atoms with Crippen LogP contribution in [0.2, 0.25) is 0 Å². The van der Waals surface area contributed by atoms with Crippen molar-refractivity contribution in [2.75, 3.05) is 7.11 Å². The maximum Gasteiger partial charge on any atom is 0.338 e. The molecule has 0 amide bonds. The molecular weight excluding hydrogens is 484 g/mol. The first kappa shape index (κ1) is 24.5. The minimum atomic E-state index is -0.609. The number of hydrogen-bond acceptors (Lipinski definition) is 6. The number of ether oxygens (including phenoxy) is 2. The summed E-state index contributed by atoms with van der Waals surface area (Å²) in [4.78, 5) is 31.9. The highest BCUT2D eigenvalue weighted by Gasteiger charge is 2.33. The number of carbonyl (C=O) groups is 1. The number of nitrogens with zero attached hydrogens (tertiary/aromatic N) is 2. The van der Waals surface area contributed by atoms with Gasteiger partial charge in [0.1, 0.15) is 12.4 Å². The molecule has 0 bridgehead atoms. The van der Waals surface area contributed by atoms with Crippen LogP contribution in [0.25, 0.3) is 6.08 Å². The van der Waals surface area contributed by atoms with Crippen LogP contribution in [0.15, 0.2) is 106 Å². The Balaban J connectivity index is 1.57. The van der Waals surface area contributed by atoms with Gasteiger partial charge in [0.2, 0.25) is 0 Å². The fourth-order valence-corrected chi connectivity index (χ4v) is 5.42. The van der Waals surface area contributed by atoms with Crippen molar-refractivity contribution in [3.8, 4) is 5.75 Å². The van der Waals surface area contributed by atoms with Gasteiger partial charge in [-0.1, -0.05) is 91.1 Å². The van der Waals surface area contributed by atoms with Gasteiger partial charge >= 0.3 is 5.97 Å². The quantitative estimate of drug-likeness (QED) is 0.346. The predicted molar refractivity (Wildman–Crippen MR) is 144 cm³/mol. The number of carbonyl (C=O) groups excluding carboxylic acids is 1. The summed E-state index contributed by atoms with van der Waals surface area (Å²) in [6.07, 6.45) is 2.38. The maximum atomic E-state index is 13.7. The number of fused-ring (bicyclic) bond motifs is 1. The van der Waals surface area contributed by atoms with Crippen LogP contribution < -0.4 is 19.6 Å². The van der Waals surface area contributed by atoms with Crippen molar-refractivity contribution in [3.63, 3.8) is 0 Å². The molecule has 0 fully saturated rings. The molecule has 1 aromatic heterocycles. The van der Waals surface area contributed by atoms with Gasteiger partial charge in [-0.05, 0) is 41.3 Å². The van der Waals surface area contributed by atoms with Gasteiger partial charge in [0, 0.05) is 0 Å². The second-order valence-electron chi connectivity index (χ2n) is 8.55. The van der Waals surface area contributed by atoms with E-state index in [2.05, 4.69) is 0 Å². The number of aromatic nitrogens is 1. The van der Waals surface area contributed by atoms with E-state index in [1.807, 2.05) is 97.9 Å². The second-order valence-corrected chi connectivity index (χ2v) is 9.55. The lowest BCUT2D eigenvalue weighted by Gasteiger charge is -2.25. The SMILES string of the molecule is CCC1=C(C(=O)OC)[C@@H](c2ccccc2)n2c(s/c(=C/c3cccc(OCc4ccccc4)c3)c2=O)=N1. The predicted octanol–water partition coefficient (Wildman–Crippen LogP) is 4.38. The van der Waals surface area contributed by atoms with Gasteiger partial charge < -0.3 is 9.47 Å². The summed E-state index contributed by atoms with van der Waals surface area (Å²) < 4.78 is 13.2. The molecule has 0 spiro atoms. The highest BCUT2D eigenvalue weighted by atomic mass is 32.1. The van der Waals surface area contributed by atoms with Crippen LogP contribution >= 0.6 is 11.3 Å². The Labute approximate surface area is 218 Å². The first-order valence-electron chi connectivity index (χ1n) is 12.0. The van der Waals surface area contributed by atoms with Crippen molar-refractivity contribution >= 4 is 23.4 Å². The molecule has 2 heterocycles. The Morgan fingerprint density at radius 1 is 1.03 bits per heavy atom. The molecule has 1 aliphatic rings. The molecule has 0 aliphatic carbocycles. The van der Waals surface area contributed by atoms with E-state index in [4.69, 9.17) is 14.5 Å². The molecule has 6 nitrogen and oxygen atoms in total. The number of allylic oxidation sites excluding steroid dienone is 1. The van der Waals surface area contributed by atoms with Gasteiger partial charge in [0.15, 0.2) is 4.80 Å². The molecule has 0 N–H and O–H groups in total. The Kier molecular flexibility index (Phi) is 7.14. The lowest BCUT2D eigenvalue weighted by Crippen LogP contribution is -2.40. The largest absolute Gasteiger partial charge is 0.489 e. The zero-order chi connectivity index (χ0) is 25.8. The minimum Gasteiger partial charge on any atom is -0.489 e. The molecule has 7 heteroatoms. The number of benzene rings is 3. The Bertz CT molecular complexity index is 1640. The number of hydrogen-bond donors (Lipinski definition) is 0. The molecule has 37 heavy (non-hydrogen) atoms. The van der Waals surface area contributed by atoms with Crippen LogP contribution in [0.5, 0.6) is 5.75 Å². The van der Waals surface area contributed by atoms with Crippen molar-refractivity contribution < 1.29 is 14.3 Å². The van der Waals surface area contributed by atoms with Crippen molar-refractivity contribution in [2.45, 2.75) is 26.0 Å². The van der Waals surface area contributed by atoms with Gasteiger partial charge in [-0.25, -0.2) is 9.79 Å². The highest BCUT2D eigenvalue weighted by molar-refractivity contribution is 7.07. The van der Waals surface area contributed by atoms with Crippen LogP contribution in [0, 0.1) is 0 Å². The van der Waals surface area contributed by atoms with Crippen LogP contribution in [-0.4, -0.2) is 17.6 Å². The summed E-state index contributed by atoms with van der Waals surface area (Å²) in [5.41, 5.74) is 3.57. The molecule has 5 rings (SSSR count). The summed E-state index contributed by atoms with van der Waals surface area (Å²) in [6, 6.07) is 26.5. The first-order chi connectivity index (χ1) is 18.1. The van der Waals surface area contributed by atoms with Crippen molar-refractivity contribution in [3.05, 3.63) is 133 Å². The molecule has 0 unspecified atom stereocenters. The number of rotatable bonds is 7.